The molecule has 1 heterocycles. The number of nitro groups is 1. The van der Waals surface area contributed by atoms with Crippen LogP contribution in [0, 0.1) is 10.1 Å². The smallest absolute Gasteiger partial charge is 0.394 e. The van der Waals surface area contributed by atoms with Gasteiger partial charge in [-0.1, -0.05) is 0 Å². The molecule has 0 unspecified atom stereocenters. The SMILES string of the molecule is CC1(C)CCCC(C)(C)N1OC(=O)Oc1ccc([N+](=O)[O-])cc1. The average molecular weight is 322 g/mol. The Bertz CT molecular complexity index is 579. The summed E-state index contributed by atoms with van der Waals surface area (Å²) < 4.78 is 5.11. The minimum atomic E-state index is -0.845. The highest BCUT2D eigenvalue weighted by molar-refractivity contribution is 5.63. The molecule has 0 amide bonds. The van der Waals surface area contributed by atoms with Crippen molar-refractivity contribution in [3.63, 3.8) is 0 Å². The highest BCUT2D eigenvalue weighted by atomic mass is 16.8. The van der Waals surface area contributed by atoms with Gasteiger partial charge in [0.1, 0.15) is 5.75 Å². The van der Waals surface area contributed by atoms with Crippen molar-refractivity contribution in [3.8, 4) is 5.75 Å². The number of non-ortho nitro benzene ring substituents is 1. The summed E-state index contributed by atoms with van der Waals surface area (Å²) in [7, 11) is 0. The predicted octanol–water partition coefficient (Wildman–Crippen LogP) is 4.07. The van der Waals surface area contributed by atoms with E-state index in [0.717, 1.165) is 19.3 Å². The predicted molar refractivity (Wildman–Crippen MR) is 84.1 cm³/mol. The van der Waals surface area contributed by atoms with E-state index in [2.05, 4.69) is 0 Å². The van der Waals surface area contributed by atoms with Crippen LogP contribution >= 0.6 is 0 Å². The first kappa shape index (κ1) is 17.2. The maximum atomic E-state index is 12.1. The molecule has 2 rings (SSSR count). The topological polar surface area (TPSA) is 81.9 Å². The van der Waals surface area contributed by atoms with E-state index < -0.39 is 11.1 Å². The molecule has 7 heteroatoms. The fourth-order valence-corrected chi connectivity index (χ4v) is 3.05. The molecule has 0 spiro atoms. The third-order valence-electron chi connectivity index (χ3n) is 4.09. The van der Waals surface area contributed by atoms with Crippen LogP contribution in [0.25, 0.3) is 0 Å². The van der Waals surface area contributed by atoms with E-state index in [-0.39, 0.29) is 22.5 Å². The standard InChI is InChI=1S/C16H22N2O5/c1-15(2)10-5-11-16(3,4)18(15)23-14(19)22-13-8-6-12(7-9-13)17(20)21/h6-9H,5,10-11H2,1-4H3. The summed E-state index contributed by atoms with van der Waals surface area (Å²) in [6.45, 7) is 8.08. The quantitative estimate of drug-likeness (QED) is 0.361. The third kappa shape index (κ3) is 3.98. The van der Waals surface area contributed by atoms with E-state index in [9.17, 15) is 14.9 Å². The summed E-state index contributed by atoms with van der Waals surface area (Å²) in [5.74, 6) is 0.202. The van der Waals surface area contributed by atoms with Gasteiger partial charge in [0.05, 0.1) is 16.0 Å². The van der Waals surface area contributed by atoms with Crippen molar-refractivity contribution in [3.05, 3.63) is 34.4 Å². The molecule has 0 aliphatic carbocycles. The Hall–Kier alpha value is -2.15. The maximum absolute atomic E-state index is 12.1. The molecule has 1 aromatic carbocycles. The monoisotopic (exact) mass is 322 g/mol. The van der Waals surface area contributed by atoms with E-state index in [1.807, 2.05) is 27.7 Å². The van der Waals surface area contributed by atoms with E-state index in [0.29, 0.717) is 0 Å². The molecular formula is C16H22N2O5. The van der Waals surface area contributed by atoms with Crippen LogP contribution in [0.2, 0.25) is 0 Å². The molecule has 1 aliphatic rings. The van der Waals surface area contributed by atoms with Gasteiger partial charge in [-0.05, 0) is 59.1 Å². The number of hydrogen-bond acceptors (Lipinski definition) is 6. The van der Waals surface area contributed by atoms with Gasteiger partial charge in [-0.25, -0.2) is 4.79 Å². The van der Waals surface area contributed by atoms with Crippen molar-refractivity contribution >= 4 is 11.8 Å². The molecule has 1 aromatic rings. The second-order valence-corrected chi connectivity index (χ2v) is 6.97. The van der Waals surface area contributed by atoms with Crippen LogP contribution in [0.3, 0.4) is 0 Å². The van der Waals surface area contributed by atoms with Gasteiger partial charge in [0.15, 0.2) is 0 Å². The number of nitrogens with zero attached hydrogens (tertiary/aromatic N) is 2. The van der Waals surface area contributed by atoms with Crippen molar-refractivity contribution in [1.82, 2.24) is 5.06 Å². The Morgan fingerprint density at radius 1 is 1.13 bits per heavy atom. The number of ether oxygens (including phenoxy) is 1. The molecule has 23 heavy (non-hydrogen) atoms. The van der Waals surface area contributed by atoms with E-state index in [1.54, 1.807) is 5.06 Å². The second-order valence-electron chi connectivity index (χ2n) is 6.97. The zero-order valence-corrected chi connectivity index (χ0v) is 13.9. The number of rotatable bonds is 3. The summed E-state index contributed by atoms with van der Waals surface area (Å²) in [5, 5.41) is 12.3. The van der Waals surface area contributed by atoms with E-state index in [1.165, 1.54) is 24.3 Å². The number of carbonyl (C=O) groups excluding carboxylic acids is 1. The van der Waals surface area contributed by atoms with Gasteiger partial charge in [0.25, 0.3) is 5.69 Å². The van der Waals surface area contributed by atoms with Gasteiger partial charge in [-0.3, -0.25) is 10.1 Å². The van der Waals surface area contributed by atoms with Crippen LogP contribution in [0.5, 0.6) is 5.75 Å². The lowest BCUT2D eigenvalue weighted by Crippen LogP contribution is -2.59. The van der Waals surface area contributed by atoms with E-state index in [4.69, 9.17) is 9.57 Å². The summed E-state index contributed by atoms with van der Waals surface area (Å²) in [6, 6.07) is 5.28. The maximum Gasteiger partial charge on any atom is 0.533 e. The number of hydroxylamine groups is 2. The van der Waals surface area contributed by atoms with Crippen LogP contribution < -0.4 is 4.74 Å². The van der Waals surface area contributed by atoms with Crippen molar-refractivity contribution in [2.45, 2.75) is 58.0 Å². The lowest BCUT2D eigenvalue weighted by Gasteiger charge is -2.49. The Balaban J connectivity index is 2.04. The van der Waals surface area contributed by atoms with Gasteiger partial charge in [0, 0.05) is 12.1 Å². The van der Waals surface area contributed by atoms with Crippen LogP contribution in [0.4, 0.5) is 10.5 Å². The fraction of sp³-hybridized carbons (Fsp3) is 0.562. The number of benzene rings is 1. The molecule has 0 atom stereocenters. The molecule has 0 radical (unpaired) electrons. The van der Waals surface area contributed by atoms with Gasteiger partial charge in [0.2, 0.25) is 0 Å². The minimum Gasteiger partial charge on any atom is -0.394 e. The van der Waals surface area contributed by atoms with Crippen molar-refractivity contribution in [2.24, 2.45) is 0 Å². The first-order valence-electron chi connectivity index (χ1n) is 7.56. The molecule has 126 valence electrons. The number of piperidine rings is 1. The summed E-state index contributed by atoms with van der Waals surface area (Å²) in [5.41, 5.74) is -0.629. The average Bonchev–Trinajstić information content (AvgIpc) is 2.43. The fourth-order valence-electron chi connectivity index (χ4n) is 3.05. The molecule has 0 aromatic heterocycles. The summed E-state index contributed by atoms with van der Waals surface area (Å²) in [6.07, 6.45) is 2.06. The number of nitro benzene ring substituents is 1. The third-order valence-corrected chi connectivity index (χ3v) is 4.09. The molecular weight excluding hydrogens is 300 g/mol. The van der Waals surface area contributed by atoms with Gasteiger partial charge < -0.3 is 9.57 Å². The Morgan fingerprint density at radius 3 is 2.13 bits per heavy atom. The highest BCUT2D eigenvalue weighted by Gasteiger charge is 2.44. The first-order chi connectivity index (χ1) is 10.6. The molecule has 1 saturated heterocycles. The van der Waals surface area contributed by atoms with Crippen molar-refractivity contribution in [1.29, 1.82) is 0 Å². The summed E-state index contributed by atoms with van der Waals surface area (Å²) >= 11 is 0. The van der Waals surface area contributed by atoms with Crippen molar-refractivity contribution < 1.29 is 19.3 Å². The lowest BCUT2D eigenvalue weighted by molar-refractivity contribution is -0.384. The van der Waals surface area contributed by atoms with Crippen LogP contribution in [0.15, 0.2) is 24.3 Å². The molecule has 0 saturated carbocycles. The Labute approximate surface area is 135 Å². The molecule has 7 nitrogen and oxygen atoms in total. The van der Waals surface area contributed by atoms with Gasteiger partial charge in [-0.15, -0.1) is 5.06 Å². The summed E-state index contributed by atoms with van der Waals surface area (Å²) in [4.78, 5) is 27.6. The van der Waals surface area contributed by atoms with Crippen LogP contribution in [-0.4, -0.2) is 27.2 Å². The molecule has 1 aliphatic heterocycles. The number of carbonyl (C=O) groups is 1. The molecule has 0 bridgehead atoms. The Kier molecular flexibility index (Phi) is 4.61. The van der Waals surface area contributed by atoms with E-state index >= 15 is 0 Å². The second kappa shape index (κ2) is 6.16. The van der Waals surface area contributed by atoms with Gasteiger partial charge in [-0.2, -0.15) is 0 Å². The van der Waals surface area contributed by atoms with Crippen LogP contribution in [-0.2, 0) is 4.84 Å². The largest absolute Gasteiger partial charge is 0.533 e. The van der Waals surface area contributed by atoms with Gasteiger partial charge >= 0.3 is 6.16 Å². The Morgan fingerprint density at radius 2 is 1.65 bits per heavy atom. The highest BCUT2D eigenvalue weighted by Crippen LogP contribution is 2.38. The zero-order chi connectivity index (χ0) is 17.3. The minimum absolute atomic E-state index is 0.0657. The zero-order valence-electron chi connectivity index (χ0n) is 13.9. The normalized spacial score (nSPS) is 19.8. The first-order valence-corrected chi connectivity index (χ1v) is 7.56. The number of hydrogen-bond donors (Lipinski definition) is 0. The van der Waals surface area contributed by atoms with Crippen molar-refractivity contribution in [2.75, 3.05) is 0 Å². The molecule has 0 N–H and O–H groups in total. The molecule has 1 fully saturated rings. The van der Waals surface area contributed by atoms with Crippen LogP contribution in [0.1, 0.15) is 47.0 Å². The lowest BCUT2D eigenvalue weighted by atomic mass is 9.82.